The molecular weight excluding hydrogens is 294 g/mol. The lowest BCUT2D eigenvalue weighted by molar-refractivity contribution is -0.0488. The number of hydrogen-bond acceptors (Lipinski definition) is 2. The van der Waals surface area contributed by atoms with Crippen LogP contribution in [0.2, 0.25) is 5.02 Å². The van der Waals surface area contributed by atoms with E-state index in [1.54, 1.807) is 0 Å². The zero-order valence-electron chi connectivity index (χ0n) is 12.9. The SMILES string of the molecule is CCC1CC(OCc2ccc(Cl)cc2)(c2ccccc2)CN1. The van der Waals surface area contributed by atoms with Gasteiger partial charge in [-0.2, -0.15) is 0 Å². The van der Waals surface area contributed by atoms with Crippen LogP contribution in [0, 0.1) is 0 Å². The first-order valence-electron chi connectivity index (χ1n) is 7.89. The maximum absolute atomic E-state index is 6.43. The van der Waals surface area contributed by atoms with E-state index in [2.05, 4.69) is 42.6 Å². The van der Waals surface area contributed by atoms with Crippen molar-refractivity contribution in [3.63, 3.8) is 0 Å². The first-order valence-corrected chi connectivity index (χ1v) is 8.27. The summed E-state index contributed by atoms with van der Waals surface area (Å²) in [5.41, 5.74) is 2.17. The van der Waals surface area contributed by atoms with Crippen LogP contribution in [0.1, 0.15) is 30.9 Å². The summed E-state index contributed by atoms with van der Waals surface area (Å²) >= 11 is 5.95. The van der Waals surface area contributed by atoms with Crippen LogP contribution in [-0.4, -0.2) is 12.6 Å². The summed E-state index contributed by atoms with van der Waals surface area (Å²) in [5.74, 6) is 0. The summed E-state index contributed by atoms with van der Waals surface area (Å²) < 4.78 is 6.43. The van der Waals surface area contributed by atoms with E-state index in [-0.39, 0.29) is 5.60 Å². The van der Waals surface area contributed by atoms with Crippen LogP contribution in [-0.2, 0) is 16.9 Å². The third kappa shape index (κ3) is 3.35. The van der Waals surface area contributed by atoms with Gasteiger partial charge in [-0.3, -0.25) is 0 Å². The Bertz CT molecular complexity index is 599. The average molecular weight is 316 g/mol. The second-order valence-corrected chi connectivity index (χ2v) is 6.40. The minimum Gasteiger partial charge on any atom is -0.364 e. The lowest BCUT2D eigenvalue weighted by atomic mass is 9.90. The molecule has 3 heteroatoms. The zero-order chi connectivity index (χ0) is 15.4. The van der Waals surface area contributed by atoms with Crippen molar-refractivity contribution in [1.82, 2.24) is 5.32 Å². The molecule has 0 aromatic heterocycles. The van der Waals surface area contributed by atoms with Crippen LogP contribution in [0.4, 0.5) is 0 Å². The molecule has 2 unspecified atom stereocenters. The molecule has 0 bridgehead atoms. The van der Waals surface area contributed by atoms with E-state index in [0.29, 0.717) is 12.6 Å². The molecular formula is C19H22ClNO. The minimum atomic E-state index is -0.235. The molecule has 22 heavy (non-hydrogen) atoms. The number of rotatable bonds is 5. The molecule has 2 nitrogen and oxygen atoms in total. The van der Waals surface area contributed by atoms with Gasteiger partial charge in [0.1, 0.15) is 5.60 Å². The maximum atomic E-state index is 6.43. The van der Waals surface area contributed by atoms with Crippen molar-refractivity contribution in [3.8, 4) is 0 Å². The largest absolute Gasteiger partial charge is 0.364 e. The number of ether oxygens (including phenoxy) is 1. The highest BCUT2D eigenvalue weighted by Gasteiger charge is 2.40. The van der Waals surface area contributed by atoms with Gasteiger partial charge in [-0.1, -0.05) is 61.0 Å². The predicted octanol–water partition coefficient (Wildman–Crippen LogP) is 4.52. The fourth-order valence-corrected chi connectivity index (χ4v) is 3.22. The summed E-state index contributed by atoms with van der Waals surface area (Å²) in [5, 5.41) is 4.35. The summed E-state index contributed by atoms with van der Waals surface area (Å²) in [4.78, 5) is 0. The molecule has 0 aliphatic carbocycles. The van der Waals surface area contributed by atoms with Crippen LogP contribution in [0.3, 0.4) is 0 Å². The number of halogens is 1. The van der Waals surface area contributed by atoms with Crippen molar-refractivity contribution in [2.24, 2.45) is 0 Å². The number of nitrogens with one attached hydrogen (secondary N) is 1. The van der Waals surface area contributed by atoms with E-state index in [9.17, 15) is 0 Å². The molecule has 1 aliphatic heterocycles. The molecule has 2 atom stereocenters. The van der Waals surface area contributed by atoms with Crippen LogP contribution >= 0.6 is 11.6 Å². The highest BCUT2D eigenvalue weighted by molar-refractivity contribution is 6.30. The van der Waals surface area contributed by atoms with Gasteiger partial charge >= 0.3 is 0 Å². The second kappa shape index (κ2) is 6.82. The monoisotopic (exact) mass is 315 g/mol. The fraction of sp³-hybridized carbons (Fsp3) is 0.368. The van der Waals surface area contributed by atoms with E-state index in [1.165, 1.54) is 5.56 Å². The van der Waals surface area contributed by atoms with Crippen LogP contribution < -0.4 is 5.32 Å². The first-order chi connectivity index (χ1) is 10.7. The molecule has 116 valence electrons. The fourth-order valence-electron chi connectivity index (χ4n) is 3.10. The summed E-state index contributed by atoms with van der Waals surface area (Å²) in [7, 11) is 0. The van der Waals surface area contributed by atoms with Crippen LogP contribution in [0.25, 0.3) is 0 Å². The second-order valence-electron chi connectivity index (χ2n) is 5.97. The summed E-state index contributed by atoms with van der Waals surface area (Å²) in [6.07, 6.45) is 2.14. The minimum absolute atomic E-state index is 0.235. The molecule has 0 radical (unpaired) electrons. The van der Waals surface area contributed by atoms with Crippen molar-refractivity contribution < 1.29 is 4.74 Å². The molecule has 2 aromatic carbocycles. The molecule has 0 amide bonds. The van der Waals surface area contributed by atoms with Crippen LogP contribution in [0.5, 0.6) is 0 Å². The number of benzene rings is 2. The number of hydrogen-bond donors (Lipinski definition) is 1. The standard InChI is InChI=1S/C19H22ClNO/c1-2-18-12-19(14-21-18,16-6-4-3-5-7-16)22-13-15-8-10-17(20)11-9-15/h3-11,18,21H,2,12-14H2,1H3. The molecule has 0 spiro atoms. The van der Waals surface area contributed by atoms with E-state index in [0.717, 1.165) is 30.0 Å². The average Bonchev–Trinajstić information content (AvgIpc) is 3.00. The Kier molecular flexibility index (Phi) is 4.82. The van der Waals surface area contributed by atoms with Gasteiger partial charge in [0, 0.05) is 17.6 Å². The van der Waals surface area contributed by atoms with Gasteiger partial charge in [0.05, 0.1) is 6.61 Å². The Labute approximate surface area is 137 Å². The van der Waals surface area contributed by atoms with Gasteiger partial charge in [-0.05, 0) is 36.1 Å². The smallest absolute Gasteiger partial charge is 0.107 e. The highest BCUT2D eigenvalue weighted by atomic mass is 35.5. The van der Waals surface area contributed by atoms with Crippen LogP contribution in [0.15, 0.2) is 54.6 Å². The van der Waals surface area contributed by atoms with Crippen molar-refractivity contribution in [2.75, 3.05) is 6.54 Å². The van der Waals surface area contributed by atoms with Crippen molar-refractivity contribution in [3.05, 3.63) is 70.7 Å². The van der Waals surface area contributed by atoms with E-state index < -0.39 is 0 Å². The van der Waals surface area contributed by atoms with Gasteiger partial charge in [-0.15, -0.1) is 0 Å². The molecule has 1 N–H and O–H groups in total. The summed E-state index contributed by atoms with van der Waals surface area (Å²) in [6.45, 7) is 3.69. The van der Waals surface area contributed by atoms with Gasteiger partial charge < -0.3 is 10.1 Å². The maximum Gasteiger partial charge on any atom is 0.107 e. The van der Waals surface area contributed by atoms with E-state index in [4.69, 9.17) is 16.3 Å². The molecule has 3 rings (SSSR count). The van der Waals surface area contributed by atoms with Gasteiger partial charge in [0.25, 0.3) is 0 Å². The van der Waals surface area contributed by atoms with E-state index in [1.807, 2.05) is 24.3 Å². The molecule has 0 saturated carbocycles. The van der Waals surface area contributed by atoms with Gasteiger partial charge in [0.15, 0.2) is 0 Å². The lowest BCUT2D eigenvalue weighted by Crippen LogP contribution is -2.32. The molecule has 2 aromatic rings. The Morgan fingerprint density at radius 3 is 2.50 bits per heavy atom. The Morgan fingerprint density at radius 2 is 1.86 bits per heavy atom. The Balaban J connectivity index is 1.79. The molecule has 1 heterocycles. The first kappa shape index (κ1) is 15.5. The predicted molar refractivity (Wildman–Crippen MR) is 91.1 cm³/mol. The van der Waals surface area contributed by atoms with Crippen molar-refractivity contribution >= 4 is 11.6 Å². The Morgan fingerprint density at radius 1 is 1.14 bits per heavy atom. The third-order valence-corrected chi connectivity index (χ3v) is 4.73. The molecule has 1 aliphatic rings. The normalized spacial score (nSPS) is 24.5. The zero-order valence-corrected chi connectivity index (χ0v) is 13.6. The molecule has 1 saturated heterocycles. The van der Waals surface area contributed by atoms with Crippen molar-refractivity contribution in [1.29, 1.82) is 0 Å². The van der Waals surface area contributed by atoms with Gasteiger partial charge in [-0.25, -0.2) is 0 Å². The molecule has 1 fully saturated rings. The summed E-state index contributed by atoms with van der Waals surface area (Å²) in [6, 6.07) is 19.0. The highest BCUT2D eigenvalue weighted by Crippen LogP contribution is 2.36. The Hall–Kier alpha value is -1.35. The van der Waals surface area contributed by atoms with Gasteiger partial charge in [0.2, 0.25) is 0 Å². The topological polar surface area (TPSA) is 21.3 Å². The lowest BCUT2D eigenvalue weighted by Gasteiger charge is -2.30. The van der Waals surface area contributed by atoms with E-state index >= 15 is 0 Å². The third-order valence-electron chi connectivity index (χ3n) is 4.47. The quantitative estimate of drug-likeness (QED) is 0.875. The van der Waals surface area contributed by atoms with Crippen molar-refractivity contribution in [2.45, 2.75) is 38.0 Å².